The molecule has 2 aliphatic rings. The fourth-order valence-electron chi connectivity index (χ4n) is 3.94. The first-order valence-corrected chi connectivity index (χ1v) is 9.52. The lowest BCUT2D eigenvalue weighted by atomic mass is 10.1. The molecular formula is C19H28Cl2N6O. The predicted molar refractivity (Wildman–Crippen MR) is 116 cm³/mol. The molecule has 0 saturated carbocycles. The number of piperidine rings is 1. The van der Waals surface area contributed by atoms with Crippen molar-refractivity contribution in [2.24, 2.45) is 0 Å². The standard InChI is InChI=1S/C19H26N6O.2ClH/c1-14-18(22-23-25(14)15-8-10-20-11-9-15)19(26)21-16-6-2-3-7-17(16)24-12-4-5-13-24;;/h2-3,6-7,15,20H,4-5,8-13H2,1H3,(H,21,26);2*1H. The number of benzene rings is 1. The van der Waals surface area contributed by atoms with Gasteiger partial charge in [0.2, 0.25) is 0 Å². The zero-order chi connectivity index (χ0) is 17.9. The van der Waals surface area contributed by atoms with E-state index < -0.39 is 0 Å². The lowest BCUT2D eigenvalue weighted by Crippen LogP contribution is -2.30. The zero-order valence-electron chi connectivity index (χ0n) is 16.1. The van der Waals surface area contributed by atoms with Crippen LogP contribution in [0.15, 0.2) is 24.3 Å². The summed E-state index contributed by atoms with van der Waals surface area (Å²) >= 11 is 0. The summed E-state index contributed by atoms with van der Waals surface area (Å²) in [5, 5.41) is 14.9. The van der Waals surface area contributed by atoms with Crippen molar-refractivity contribution in [2.45, 2.75) is 38.6 Å². The van der Waals surface area contributed by atoms with E-state index in [0.29, 0.717) is 11.7 Å². The van der Waals surface area contributed by atoms with E-state index in [1.807, 2.05) is 29.8 Å². The third kappa shape index (κ3) is 4.59. The first-order valence-electron chi connectivity index (χ1n) is 9.52. The van der Waals surface area contributed by atoms with Crippen LogP contribution in [-0.2, 0) is 0 Å². The Kier molecular flexibility index (Phi) is 8.10. The van der Waals surface area contributed by atoms with E-state index in [1.165, 1.54) is 12.8 Å². The fourth-order valence-corrected chi connectivity index (χ4v) is 3.94. The van der Waals surface area contributed by atoms with Gasteiger partial charge in [-0.15, -0.1) is 29.9 Å². The average molecular weight is 427 g/mol. The van der Waals surface area contributed by atoms with E-state index in [0.717, 1.165) is 56.1 Å². The van der Waals surface area contributed by atoms with Crippen LogP contribution in [0.4, 0.5) is 11.4 Å². The molecule has 1 aromatic heterocycles. The molecule has 2 fully saturated rings. The van der Waals surface area contributed by atoms with Gasteiger partial charge in [0.05, 0.1) is 23.1 Å². The van der Waals surface area contributed by atoms with Gasteiger partial charge in [-0.3, -0.25) is 4.79 Å². The van der Waals surface area contributed by atoms with E-state index in [-0.39, 0.29) is 30.7 Å². The van der Waals surface area contributed by atoms with Gasteiger partial charge in [-0.1, -0.05) is 17.3 Å². The minimum absolute atomic E-state index is 0. The van der Waals surface area contributed by atoms with Gasteiger partial charge in [0.25, 0.3) is 5.91 Å². The summed E-state index contributed by atoms with van der Waals surface area (Å²) in [6.07, 6.45) is 4.43. The third-order valence-electron chi connectivity index (χ3n) is 5.40. The SMILES string of the molecule is Cc1c(C(=O)Nc2ccccc2N2CCCC2)nnn1C1CCNCC1.Cl.Cl. The van der Waals surface area contributed by atoms with Crippen molar-refractivity contribution in [3.63, 3.8) is 0 Å². The molecule has 2 aliphatic heterocycles. The van der Waals surface area contributed by atoms with Gasteiger partial charge in [-0.2, -0.15) is 0 Å². The molecule has 2 N–H and O–H groups in total. The van der Waals surface area contributed by atoms with E-state index in [2.05, 4.69) is 31.9 Å². The highest BCUT2D eigenvalue weighted by atomic mass is 35.5. The van der Waals surface area contributed by atoms with Crippen molar-refractivity contribution in [2.75, 3.05) is 36.4 Å². The summed E-state index contributed by atoms with van der Waals surface area (Å²) in [6.45, 7) is 5.97. The summed E-state index contributed by atoms with van der Waals surface area (Å²) in [6, 6.07) is 8.32. The number of carbonyl (C=O) groups excluding carboxylic acids is 1. The minimum atomic E-state index is -0.186. The van der Waals surface area contributed by atoms with E-state index in [4.69, 9.17) is 0 Å². The highest BCUT2D eigenvalue weighted by Crippen LogP contribution is 2.29. The quantitative estimate of drug-likeness (QED) is 0.784. The maximum absolute atomic E-state index is 12.8. The molecule has 1 aromatic carbocycles. The molecule has 9 heteroatoms. The molecule has 0 spiro atoms. The Morgan fingerprint density at radius 3 is 2.54 bits per heavy atom. The Labute approximate surface area is 178 Å². The van der Waals surface area contributed by atoms with Gasteiger partial charge in [-0.25, -0.2) is 4.68 Å². The second-order valence-electron chi connectivity index (χ2n) is 7.11. The lowest BCUT2D eigenvalue weighted by Gasteiger charge is -2.23. The number of hydrogen-bond acceptors (Lipinski definition) is 5. The second-order valence-corrected chi connectivity index (χ2v) is 7.11. The number of amides is 1. The van der Waals surface area contributed by atoms with Gasteiger partial charge < -0.3 is 15.5 Å². The smallest absolute Gasteiger partial charge is 0.278 e. The summed E-state index contributed by atoms with van der Waals surface area (Å²) in [4.78, 5) is 15.2. The van der Waals surface area contributed by atoms with Crippen molar-refractivity contribution < 1.29 is 4.79 Å². The molecule has 0 atom stereocenters. The molecule has 0 radical (unpaired) electrons. The molecule has 2 aromatic rings. The maximum atomic E-state index is 12.8. The number of rotatable bonds is 4. The number of hydrogen-bond donors (Lipinski definition) is 2. The minimum Gasteiger partial charge on any atom is -0.370 e. The second kappa shape index (κ2) is 10.1. The van der Waals surface area contributed by atoms with Crippen LogP contribution in [-0.4, -0.2) is 47.1 Å². The molecular weight excluding hydrogens is 399 g/mol. The number of anilines is 2. The van der Waals surface area contributed by atoms with Crippen molar-refractivity contribution >= 4 is 42.1 Å². The van der Waals surface area contributed by atoms with Gasteiger partial charge in [0, 0.05) is 13.1 Å². The highest BCUT2D eigenvalue weighted by Gasteiger charge is 2.24. The Morgan fingerprint density at radius 2 is 1.82 bits per heavy atom. The van der Waals surface area contributed by atoms with Crippen molar-refractivity contribution in [3.8, 4) is 0 Å². The summed E-state index contributed by atoms with van der Waals surface area (Å²) in [5.41, 5.74) is 3.18. The molecule has 4 rings (SSSR count). The summed E-state index contributed by atoms with van der Waals surface area (Å²) < 4.78 is 1.92. The van der Waals surface area contributed by atoms with Crippen molar-refractivity contribution in [1.82, 2.24) is 20.3 Å². The molecule has 28 heavy (non-hydrogen) atoms. The Bertz CT molecular complexity index is 784. The number of carbonyl (C=O) groups is 1. The van der Waals surface area contributed by atoms with Crippen LogP contribution in [0.5, 0.6) is 0 Å². The Hall–Kier alpha value is -1.83. The monoisotopic (exact) mass is 426 g/mol. The van der Waals surface area contributed by atoms with Gasteiger partial charge >= 0.3 is 0 Å². The normalized spacial score (nSPS) is 17.0. The topological polar surface area (TPSA) is 75.1 Å². The first-order chi connectivity index (χ1) is 12.7. The van der Waals surface area contributed by atoms with E-state index >= 15 is 0 Å². The largest absolute Gasteiger partial charge is 0.370 e. The van der Waals surface area contributed by atoms with Crippen molar-refractivity contribution in [3.05, 3.63) is 35.7 Å². The van der Waals surface area contributed by atoms with Gasteiger partial charge in [0.15, 0.2) is 5.69 Å². The van der Waals surface area contributed by atoms with Crippen molar-refractivity contribution in [1.29, 1.82) is 0 Å². The molecule has 0 bridgehead atoms. The number of halogens is 2. The van der Waals surface area contributed by atoms with Crippen LogP contribution in [0.3, 0.4) is 0 Å². The third-order valence-corrected chi connectivity index (χ3v) is 5.40. The van der Waals surface area contributed by atoms with Crippen LogP contribution < -0.4 is 15.5 Å². The van der Waals surface area contributed by atoms with Crippen LogP contribution in [0.1, 0.15) is 47.9 Å². The molecule has 3 heterocycles. The number of nitrogens with zero attached hydrogens (tertiary/aromatic N) is 4. The number of nitrogens with one attached hydrogen (secondary N) is 2. The first kappa shape index (κ1) is 22.5. The van der Waals surface area contributed by atoms with Gasteiger partial charge in [-0.05, 0) is 57.8 Å². The average Bonchev–Trinajstić information content (AvgIpc) is 3.33. The molecule has 2 saturated heterocycles. The van der Waals surface area contributed by atoms with Gasteiger partial charge in [0.1, 0.15) is 0 Å². The molecule has 154 valence electrons. The molecule has 7 nitrogen and oxygen atoms in total. The number of aromatic nitrogens is 3. The highest BCUT2D eigenvalue weighted by molar-refractivity contribution is 6.05. The lowest BCUT2D eigenvalue weighted by molar-refractivity contribution is 0.102. The zero-order valence-corrected chi connectivity index (χ0v) is 17.7. The van der Waals surface area contributed by atoms with E-state index in [1.54, 1.807) is 0 Å². The fraction of sp³-hybridized carbons (Fsp3) is 0.526. The van der Waals surface area contributed by atoms with Crippen LogP contribution in [0.2, 0.25) is 0 Å². The molecule has 0 aliphatic carbocycles. The Balaban J connectivity index is 0.00000140. The molecule has 0 unspecified atom stereocenters. The maximum Gasteiger partial charge on any atom is 0.278 e. The van der Waals surface area contributed by atoms with Crippen LogP contribution >= 0.6 is 24.8 Å². The predicted octanol–water partition coefficient (Wildman–Crippen LogP) is 3.21. The number of para-hydroxylation sites is 2. The summed E-state index contributed by atoms with van der Waals surface area (Å²) in [5.74, 6) is -0.186. The Morgan fingerprint density at radius 1 is 1.14 bits per heavy atom. The van der Waals surface area contributed by atoms with Crippen LogP contribution in [0.25, 0.3) is 0 Å². The van der Waals surface area contributed by atoms with E-state index in [9.17, 15) is 4.79 Å². The van der Waals surface area contributed by atoms with Crippen LogP contribution in [0, 0.1) is 6.92 Å². The molecule has 1 amide bonds. The summed E-state index contributed by atoms with van der Waals surface area (Å²) in [7, 11) is 0.